The zero-order valence-corrected chi connectivity index (χ0v) is 15.7. The summed E-state index contributed by atoms with van der Waals surface area (Å²) in [6, 6.07) is 10.9. The van der Waals surface area contributed by atoms with Gasteiger partial charge in [-0.2, -0.15) is 0 Å². The fourth-order valence-electron chi connectivity index (χ4n) is 2.73. The topological polar surface area (TPSA) is 69.6 Å². The normalized spacial score (nSPS) is 10.7. The molecule has 0 aliphatic rings. The number of rotatable bonds is 6. The molecule has 0 saturated carbocycles. The molecule has 2 aromatic heterocycles. The van der Waals surface area contributed by atoms with E-state index in [-0.39, 0.29) is 12.5 Å². The van der Waals surface area contributed by atoms with Gasteiger partial charge in [0.15, 0.2) is 0 Å². The Bertz CT molecular complexity index is 941. The molecule has 7 heteroatoms. The lowest BCUT2D eigenvalue weighted by molar-refractivity contribution is -0.116. The van der Waals surface area contributed by atoms with Crippen LogP contribution in [0, 0.1) is 0 Å². The number of amides is 1. The van der Waals surface area contributed by atoms with Crippen LogP contribution in [0.4, 0.5) is 5.69 Å². The van der Waals surface area contributed by atoms with Crippen molar-refractivity contribution in [1.29, 1.82) is 0 Å². The first-order chi connectivity index (χ1) is 12.5. The highest BCUT2D eigenvalue weighted by molar-refractivity contribution is 7.19. The summed E-state index contributed by atoms with van der Waals surface area (Å²) in [4.78, 5) is 25.8. The largest absolute Gasteiger partial charge is 0.497 e. The molecule has 3 aromatic rings. The Morgan fingerprint density at radius 2 is 1.88 bits per heavy atom. The Balaban J connectivity index is 1.86. The maximum atomic E-state index is 12.5. The van der Waals surface area contributed by atoms with E-state index < -0.39 is 5.97 Å². The number of ether oxygens (including phenoxy) is 2. The number of nitrogens with zero attached hydrogens (tertiary/aromatic N) is 1. The molecule has 26 heavy (non-hydrogen) atoms. The van der Waals surface area contributed by atoms with Gasteiger partial charge in [0.05, 0.1) is 24.4 Å². The highest BCUT2D eigenvalue weighted by Crippen LogP contribution is 2.30. The third kappa shape index (κ3) is 3.57. The number of aromatic nitrogens is 1. The first kappa shape index (κ1) is 18.0. The maximum Gasteiger partial charge on any atom is 0.354 e. The Labute approximate surface area is 155 Å². The Morgan fingerprint density at radius 1 is 1.15 bits per heavy atom. The average Bonchev–Trinajstić information content (AvgIpc) is 3.20. The molecular weight excluding hydrogens is 352 g/mol. The van der Waals surface area contributed by atoms with Crippen LogP contribution in [0.3, 0.4) is 0 Å². The number of aryl methyl sites for hydroxylation is 1. The zero-order chi connectivity index (χ0) is 18.7. The second kappa shape index (κ2) is 7.61. The molecule has 0 radical (unpaired) electrons. The molecule has 0 atom stereocenters. The van der Waals surface area contributed by atoms with Crippen molar-refractivity contribution < 1.29 is 19.1 Å². The van der Waals surface area contributed by atoms with Crippen molar-refractivity contribution in [3.05, 3.63) is 47.0 Å². The van der Waals surface area contributed by atoms with Gasteiger partial charge in [-0.3, -0.25) is 4.79 Å². The number of benzene rings is 1. The van der Waals surface area contributed by atoms with Crippen molar-refractivity contribution in [2.45, 2.75) is 19.9 Å². The van der Waals surface area contributed by atoms with Gasteiger partial charge in [0.25, 0.3) is 0 Å². The van der Waals surface area contributed by atoms with Crippen LogP contribution in [0.2, 0.25) is 0 Å². The summed E-state index contributed by atoms with van der Waals surface area (Å²) in [6.07, 6.45) is 0.908. The lowest BCUT2D eigenvalue weighted by atomic mass is 10.3. The number of fused-ring (bicyclic) bond motifs is 1. The van der Waals surface area contributed by atoms with Crippen molar-refractivity contribution in [3.8, 4) is 5.75 Å². The SMILES string of the molecule is CCc1cc2c(cc(C(=O)OC)n2CC(=O)Nc2ccc(OC)cc2)s1. The van der Waals surface area contributed by atoms with Gasteiger partial charge in [0, 0.05) is 10.6 Å². The summed E-state index contributed by atoms with van der Waals surface area (Å²) >= 11 is 1.62. The number of carbonyl (C=O) groups is 2. The van der Waals surface area contributed by atoms with Crippen LogP contribution in [0.15, 0.2) is 36.4 Å². The molecule has 0 bridgehead atoms. The lowest BCUT2D eigenvalue weighted by Gasteiger charge is -2.10. The van der Waals surface area contributed by atoms with Gasteiger partial charge in [0.2, 0.25) is 5.91 Å². The number of hydrogen-bond acceptors (Lipinski definition) is 5. The monoisotopic (exact) mass is 372 g/mol. The van der Waals surface area contributed by atoms with Gasteiger partial charge in [-0.25, -0.2) is 4.79 Å². The molecule has 1 aromatic carbocycles. The number of carbonyl (C=O) groups excluding carboxylic acids is 2. The number of nitrogens with one attached hydrogen (secondary N) is 1. The molecule has 0 unspecified atom stereocenters. The summed E-state index contributed by atoms with van der Waals surface area (Å²) in [5, 5.41) is 2.84. The Kier molecular flexibility index (Phi) is 5.27. The molecule has 6 nitrogen and oxygen atoms in total. The van der Waals surface area contributed by atoms with E-state index in [0.717, 1.165) is 16.6 Å². The highest BCUT2D eigenvalue weighted by Gasteiger charge is 2.20. The number of anilines is 1. The quantitative estimate of drug-likeness (QED) is 0.670. The highest BCUT2D eigenvalue weighted by atomic mass is 32.1. The van der Waals surface area contributed by atoms with Crippen LogP contribution in [0.25, 0.3) is 10.2 Å². The smallest absolute Gasteiger partial charge is 0.354 e. The van der Waals surface area contributed by atoms with E-state index in [2.05, 4.69) is 12.2 Å². The van der Waals surface area contributed by atoms with Crippen LogP contribution < -0.4 is 10.1 Å². The fourth-order valence-corrected chi connectivity index (χ4v) is 3.77. The molecule has 1 N–H and O–H groups in total. The van der Waals surface area contributed by atoms with E-state index in [1.165, 1.54) is 12.0 Å². The molecule has 1 amide bonds. The fraction of sp³-hybridized carbons (Fsp3) is 0.263. The van der Waals surface area contributed by atoms with Crippen molar-refractivity contribution >= 4 is 39.1 Å². The minimum absolute atomic E-state index is 0.0276. The second-order valence-electron chi connectivity index (χ2n) is 5.70. The van der Waals surface area contributed by atoms with Crippen LogP contribution in [-0.4, -0.2) is 30.7 Å². The molecule has 2 heterocycles. The van der Waals surface area contributed by atoms with Gasteiger partial charge in [-0.05, 0) is 42.8 Å². The van der Waals surface area contributed by atoms with Crippen LogP contribution in [-0.2, 0) is 22.5 Å². The Hall–Kier alpha value is -2.80. The van der Waals surface area contributed by atoms with E-state index >= 15 is 0 Å². The van der Waals surface area contributed by atoms with Gasteiger partial charge >= 0.3 is 5.97 Å². The second-order valence-corrected chi connectivity index (χ2v) is 6.87. The predicted molar refractivity (Wildman–Crippen MR) is 102 cm³/mol. The van der Waals surface area contributed by atoms with Crippen molar-refractivity contribution in [2.75, 3.05) is 19.5 Å². The van der Waals surface area contributed by atoms with Crippen molar-refractivity contribution in [1.82, 2.24) is 4.57 Å². The van der Waals surface area contributed by atoms with E-state index in [9.17, 15) is 9.59 Å². The van der Waals surface area contributed by atoms with E-state index in [1.807, 2.05) is 6.07 Å². The van der Waals surface area contributed by atoms with E-state index in [0.29, 0.717) is 17.1 Å². The summed E-state index contributed by atoms with van der Waals surface area (Å²) in [5.41, 5.74) is 1.91. The molecule has 136 valence electrons. The third-order valence-electron chi connectivity index (χ3n) is 4.06. The number of hydrogen-bond donors (Lipinski definition) is 1. The molecular formula is C19H20N2O4S. The molecule has 0 aliphatic heterocycles. The predicted octanol–water partition coefficient (Wildman–Crippen LogP) is 3.70. The van der Waals surface area contributed by atoms with E-state index in [1.54, 1.807) is 53.3 Å². The molecule has 0 fully saturated rings. The third-order valence-corrected chi connectivity index (χ3v) is 5.27. The molecule has 0 spiro atoms. The lowest BCUT2D eigenvalue weighted by Crippen LogP contribution is -2.21. The van der Waals surface area contributed by atoms with Crippen LogP contribution in [0.5, 0.6) is 5.75 Å². The van der Waals surface area contributed by atoms with Gasteiger partial charge < -0.3 is 19.4 Å². The summed E-state index contributed by atoms with van der Waals surface area (Å²) < 4.78 is 12.6. The molecule has 3 rings (SSSR count). The minimum Gasteiger partial charge on any atom is -0.497 e. The molecule has 0 aliphatic carbocycles. The van der Waals surface area contributed by atoms with E-state index in [4.69, 9.17) is 9.47 Å². The number of esters is 1. The first-order valence-electron chi connectivity index (χ1n) is 8.19. The first-order valence-corrected chi connectivity index (χ1v) is 9.01. The number of thiophene rings is 1. The minimum atomic E-state index is -0.455. The standard InChI is InChI=1S/C19H20N2O4S/c1-4-14-9-15-17(26-14)10-16(19(23)25-3)21(15)11-18(22)20-12-5-7-13(24-2)8-6-12/h5-10H,4,11H2,1-3H3,(H,20,22). The summed E-state index contributed by atoms with van der Waals surface area (Å²) in [6.45, 7) is 2.10. The summed E-state index contributed by atoms with van der Waals surface area (Å²) in [5.74, 6) is 0.0410. The van der Waals surface area contributed by atoms with Crippen LogP contribution >= 0.6 is 11.3 Å². The maximum absolute atomic E-state index is 12.5. The average molecular weight is 372 g/mol. The summed E-state index contributed by atoms with van der Waals surface area (Å²) in [7, 11) is 2.92. The van der Waals surface area contributed by atoms with Crippen LogP contribution in [0.1, 0.15) is 22.3 Å². The van der Waals surface area contributed by atoms with Gasteiger partial charge in [0.1, 0.15) is 18.0 Å². The van der Waals surface area contributed by atoms with Gasteiger partial charge in [-0.1, -0.05) is 6.92 Å². The van der Waals surface area contributed by atoms with Crippen molar-refractivity contribution in [3.63, 3.8) is 0 Å². The number of methoxy groups -OCH3 is 2. The Morgan fingerprint density at radius 3 is 2.50 bits per heavy atom. The molecule has 0 saturated heterocycles. The van der Waals surface area contributed by atoms with Gasteiger partial charge in [-0.15, -0.1) is 11.3 Å². The zero-order valence-electron chi connectivity index (χ0n) is 14.9. The van der Waals surface area contributed by atoms with Crippen molar-refractivity contribution in [2.24, 2.45) is 0 Å².